The molecule has 2 heterocycles. The molecule has 0 atom stereocenters. The van der Waals surface area contributed by atoms with Gasteiger partial charge in [0, 0.05) is 5.56 Å². The molecule has 0 aliphatic rings. The van der Waals surface area contributed by atoms with E-state index < -0.39 is 0 Å². The lowest BCUT2D eigenvalue weighted by molar-refractivity contribution is 1.12. The summed E-state index contributed by atoms with van der Waals surface area (Å²) in [6.07, 6.45) is 3.46. The third kappa shape index (κ3) is 2.20. The van der Waals surface area contributed by atoms with E-state index in [0.29, 0.717) is 11.5 Å². The van der Waals surface area contributed by atoms with Crippen LogP contribution in [0.5, 0.6) is 0 Å². The minimum absolute atomic E-state index is 0.462. The molecule has 100 valence electrons. The molecule has 0 aliphatic carbocycles. The molecule has 0 bridgehead atoms. The predicted octanol–water partition coefficient (Wildman–Crippen LogP) is 3.30. The van der Waals surface area contributed by atoms with Crippen molar-refractivity contribution in [2.45, 2.75) is 11.9 Å². The number of anilines is 1. The van der Waals surface area contributed by atoms with E-state index in [1.54, 1.807) is 11.8 Å². The highest BCUT2D eigenvalue weighted by Crippen LogP contribution is 2.32. The highest BCUT2D eigenvalue weighted by atomic mass is 32.2. The maximum Gasteiger partial charge on any atom is 0.165 e. The first kappa shape index (κ1) is 12.9. The van der Waals surface area contributed by atoms with Crippen molar-refractivity contribution in [2.24, 2.45) is 0 Å². The zero-order valence-electron chi connectivity index (χ0n) is 11.3. The minimum Gasteiger partial charge on any atom is -0.383 e. The molecule has 0 fully saturated rings. The molecule has 0 spiro atoms. The van der Waals surface area contributed by atoms with Crippen LogP contribution in [0.15, 0.2) is 41.7 Å². The summed E-state index contributed by atoms with van der Waals surface area (Å²) < 4.78 is 0. The monoisotopic (exact) mass is 282 g/mol. The van der Waals surface area contributed by atoms with Crippen LogP contribution in [-0.2, 0) is 0 Å². The van der Waals surface area contributed by atoms with Crippen molar-refractivity contribution in [1.29, 1.82) is 0 Å². The standard InChI is InChI=1S/C15H14N4S/c1-9-3-5-10(6-4-9)11-7-12-13(16)17-8-18-14(12)19-15(11)20-2/h3-8H,1-2H3,(H2,16,17,18,19). The van der Waals surface area contributed by atoms with Crippen molar-refractivity contribution >= 4 is 28.6 Å². The van der Waals surface area contributed by atoms with E-state index in [4.69, 9.17) is 5.73 Å². The lowest BCUT2D eigenvalue weighted by atomic mass is 10.0. The fourth-order valence-electron chi connectivity index (χ4n) is 2.08. The van der Waals surface area contributed by atoms with Gasteiger partial charge in [-0.3, -0.25) is 0 Å². The van der Waals surface area contributed by atoms with Crippen LogP contribution < -0.4 is 5.73 Å². The van der Waals surface area contributed by atoms with Crippen LogP contribution in [0.3, 0.4) is 0 Å². The number of hydrogen-bond donors (Lipinski definition) is 1. The number of hydrogen-bond acceptors (Lipinski definition) is 5. The predicted molar refractivity (Wildman–Crippen MR) is 83.7 cm³/mol. The van der Waals surface area contributed by atoms with Gasteiger partial charge >= 0.3 is 0 Å². The van der Waals surface area contributed by atoms with E-state index in [1.165, 1.54) is 11.9 Å². The van der Waals surface area contributed by atoms with Crippen molar-refractivity contribution in [2.75, 3.05) is 12.0 Å². The van der Waals surface area contributed by atoms with E-state index in [2.05, 4.69) is 46.1 Å². The Kier molecular flexibility index (Phi) is 3.28. The lowest BCUT2D eigenvalue weighted by Crippen LogP contribution is -1.97. The quantitative estimate of drug-likeness (QED) is 0.730. The van der Waals surface area contributed by atoms with Crippen LogP contribution in [0.4, 0.5) is 5.82 Å². The molecule has 0 radical (unpaired) electrons. The van der Waals surface area contributed by atoms with Gasteiger partial charge in [0.25, 0.3) is 0 Å². The third-order valence-electron chi connectivity index (χ3n) is 3.18. The van der Waals surface area contributed by atoms with E-state index >= 15 is 0 Å². The Morgan fingerprint density at radius 3 is 2.55 bits per heavy atom. The lowest BCUT2D eigenvalue weighted by Gasteiger charge is -2.09. The second kappa shape index (κ2) is 5.09. The second-order valence-corrected chi connectivity index (χ2v) is 5.34. The number of fused-ring (bicyclic) bond motifs is 1. The van der Waals surface area contributed by atoms with Gasteiger partial charge in [0.2, 0.25) is 0 Å². The zero-order valence-corrected chi connectivity index (χ0v) is 12.1. The van der Waals surface area contributed by atoms with Crippen LogP contribution in [0.2, 0.25) is 0 Å². The van der Waals surface area contributed by atoms with Crippen LogP contribution in [0.1, 0.15) is 5.56 Å². The Balaban J connectivity index is 2.28. The summed E-state index contributed by atoms with van der Waals surface area (Å²) in [5.41, 5.74) is 9.97. The zero-order chi connectivity index (χ0) is 14.1. The molecule has 0 amide bonds. The Bertz CT molecular complexity index is 769. The first-order valence-electron chi connectivity index (χ1n) is 6.21. The van der Waals surface area contributed by atoms with Gasteiger partial charge in [-0.2, -0.15) is 0 Å². The molecule has 0 saturated heterocycles. The van der Waals surface area contributed by atoms with Gasteiger partial charge in [0.1, 0.15) is 17.2 Å². The van der Waals surface area contributed by atoms with Gasteiger partial charge in [-0.25, -0.2) is 15.0 Å². The SMILES string of the molecule is CSc1nc2ncnc(N)c2cc1-c1ccc(C)cc1. The van der Waals surface area contributed by atoms with Gasteiger partial charge in [-0.1, -0.05) is 29.8 Å². The van der Waals surface area contributed by atoms with E-state index in [1.807, 2.05) is 12.3 Å². The molecule has 3 rings (SSSR count). The van der Waals surface area contributed by atoms with Crippen LogP contribution in [-0.4, -0.2) is 21.2 Å². The molecule has 4 nitrogen and oxygen atoms in total. The number of thioether (sulfide) groups is 1. The first-order valence-corrected chi connectivity index (χ1v) is 7.44. The molecule has 3 aromatic rings. The minimum atomic E-state index is 0.462. The normalized spacial score (nSPS) is 10.9. The number of nitrogen functional groups attached to an aromatic ring is 1. The highest BCUT2D eigenvalue weighted by molar-refractivity contribution is 7.98. The Morgan fingerprint density at radius 1 is 1.10 bits per heavy atom. The van der Waals surface area contributed by atoms with Crippen molar-refractivity contribution in [3.8, 4) is 11.1 Å². The number of nitrogens with two attached hydrogens (primary N) is 1. The Hall–Kier alpha value is -2.14. The number of benzene rings is 1. The number of aryl methyl sites for hydroxylation is 1. The number of pyridine rings is 1. The summed E-state index contributed by atoms with van der Waals surface area (Å²) in [4.78, 5) is 12.8. The summed E-state index contributed by atoms with van der Waals surface area (Å²) in [5, 5.41) is 1.74. The molecule has 0 saturated carbocycles. The van der Waals surface area contributed by atoms with E-state index in [9.17, 15) is 0 Å². The van der Waals surface area contributed by atoms with Crippen molar-refractivity contribution in [3.63, 3.8) is 0 Å². The van der Waals surface area contributed by atoms with Crippen molar-refractivity contribution in [3.05, 3.63) is 42.2 Å². The van der Waals surface area contributed by atoms with Gasteiger partial charge in [-0.05, 0) is 24.8 Å². The molecular weight excluding hydrogens is 268 g/mol. The van der Waals surface area contributed by atoms with Gasteiger partial charge in [-0.15, -0.1) is 11.8 Å². The van der Waals surface area contributed by atoms with Crippen LogP contribution in [0, 0.1) is 6.92 Å². The number of nitrogens with zero attached hydrogens (tertiary/aromatic N) is 3. The largest absolute Gasteiger partial charge is 0.383 e. The van der Waals surface area contributed by atoms with Crippen molar-refractivity contribution in [1.82, 2.24) is 15.0 Å². The van der Waals surface area contributed by atoms with Crippen molar-refractivity contribution < 1.29 is 0 Å². The summed E-state index contributed by atoms with van der Waals surface area (Å²) in [7, 11) is 0. The Labute approximate surface area is 121 Å². The topological polar surface area (TPSA) is 64.7 Å². The summed E-state index contributed by atoms with van der Waals surface area (Å²) in [5.74, 6) is 0.462. The maximum absolute atomic E-state index is 5.92. The fraction of sp³-hybridized carbons (Fsp3) is 0.133. The maximum atomic E-state index is 5.92. The molecule has 5 heteroatoms. The summed E-state index contributed by atoms with van der Waals surface area (Å²) in [6.45, 7) is 2.07. The molecule has 2 N–H and O–H groups in total. The molecular formula is C15H14N4S. The summed E-state index contributed by atoms with van der Waals surface area (Å²) >= 11 is 1.60. The molecule has 0 aliphatic heterocycles. The van der Waals surface area contributed by atoms with E-state index in [-0.39, 0.29) is 0 Å². The fourth-order valence-corrected chi connectivity index (χ4v) is 2.66. The molecule has 2 aromatic heterocycles. The Morgan fingerprint density at radius 2 is 1.85 bits per heavy atom. The second-order valence-electron chi connectivity index (χ2n) is 4.54. The van der Waals surface area contributed by atoms with Gasteiger partial charge in [0.15, 0.2) is 5.65 Å². The van der Waals surface area contributed by atoms with E-state index in [0.717, 1.165) is 21.5 Å². The van der Waals surface area contributed by atoms with Gasteiger partial charge in [0.05, 0.1) is 5.39 Å². The smallest absolute Gasteiger partial charge is 0.165 e. The first-order chi connectivity index (χ1) is 9.69. The average Bonchev–Trinajstić information content (AvgIpc) is 2.47. The average molecular weight is 282 g/mol. The van der Waals surface area contributed by atoms with Crippen LogP contribution in [0.25, 0.3) is 22.2 Å². The number of rotatable bonds is 2. The molecule has 20 heavy (non-hydrogen) atoms. The number of aromatic nitrogens is 3. The third-order valence-corrected chi connectivity index (χ3v) is 3.87. The molecule has 1 aromatic carbocycles. The van der Waals surface area contributed by atoms with Crippen LogP contribution >= 0.6 is 11.8 Å². The summed E-state index contributed by atoms with van der Waals surface area (Å²) in [6, 6.07) is 10.4. The molecule has 0 unspecified atom stereocenters. The highest BCUT2D eigenvalue weighted by Gasteiger charge is 2.11. The van der Waals surface area contributed by atoms with Gasteiger partial charge < -0.3 is 5.73 Å².